The first-order chi connectivity index (χ1) is 7.20. The minimum atomic E-state index is -5.33. The zero-order valence-corrected chi connectivity index (χ0v) is 8.90. The molecule has 0 amide bonds. The van der Waals surface area contributed by atoms with Gasteiger partial charge in [-0.1, -0.05) is 6.58 Å². The molecule has 0 atom stereocenters. The lowest BCUT2D eigenvalue weighted by Gasteiger charge is -2.08. The van der Waals surface area contributed by atoms with Gasteiger partial charge >= 0.3 is 21.5 Å². The van der Waals surface area contributed by atoms with Crippen molar-refractivity contribution >= 4 is 16.0 Å². The van der Waals surface area contributed by atoms with Crippen molar-refractivity contribution in [2.75, 3.05) is 13.2 Å². The Hall–Kier alpha value is -1.09. The zero-order chi connectivity index (χ0) is 12.8. The van der Waals surface area contributed by atoms with Gasteiger partial charge in [-0.25, -0.2) is 17.9 Å². The second kappa shape index (κ2) is 5.85. The number of ether oxygens (including phenoxy) is 1. The van der Waals surface area contributed by atoms with Gasteiger partial charge in [0.05, 0.1) is 6.61 Å². The van der Waals surface area contributed by atoms with Crippen molar-refractivity contribution < 1.29 is 31.1 Å². The van der Waals surface area contributed by atoms with E-state index < -0.39 is 28.0 Å². The van der Waals surface area contributed by atoms with Crippen molar-refractivity contribution in [3.8, 4) is 0 Å². The van der Waals surface area contributed by atoms with Crippen molar-refractivity contribution in [2.45, 2.75) is 11.9 Å². The van der Waals surface area contributed by atoms with Crippen LogP contribution in [0, 0.1) is 0 Å². The number of esters is 1. The molecule has 0 unspecified atom stereocenters. The number of hydrogen-bond acceptors (Lipinski definition) is 4. The van der Waals surface area contributed by atoms with Gasteiger partial charge in [0.25, 0.3) is 0 Å². The van der Waals surface area contributed by atoms with E-state index in [-0.39, 0.29) is 13.0 Å². The zero-order valence-electron chi connectivity index (χ0n) is 8.08. The Morgan fingerprint density at radius 2 is 2.00 bits per heavy atom. The first-order valence-corrected chi connectivity index (χ1v) is 5.54. The van der Waals surface area contributed by atoms with E-state index in [2.05, 4.69) is 11.3 Å². The van der Waals surface area contributed by atoms with E-state index in [1.807, 2.05) is 0 Å². The van der Waals surface area contributed by atoms with Gasteiger partial charge < -0.3 is 4.74 Å². The van der Waals surface area contributed by atoms with Gasteiger partial charge in [-0.2, -0.15) is 13.2 Å². The molecular formula is C7H10F3NO4S. The van der Waals surface area contributed by atoms with E-state index in [1.165, 1.54) is 4.72 Å². The first kappa shape index (κ1) is 14.9. The van der Waals surface area contributed by atoms with Gasteiger partial charge in [0, 0.05) is 12.6 Å². The topological polar surface area (TPSA) is 72.5 Å². The molecule has 0 heterocycles. The number of alkyl halides is 3. The van der Waals surface area contributed by atoms with Crippen LogP contribution in [0.15, 0.2) is 12.7 Å². The summed E-state index contributed by atoms with van der Waals surface area (Å²) >= 11 is 0. The Kier molecular flexibility index (Phi) is 5.45. The smallest absolute Gasteiger partial charge is 0.462 e. The third-order valence-electron chi connectivity index (χ3n) is 1.33. The monoisotopic (exact) mass is 261 g/mol. The van der Waals surface area contributed by atoms with Crippen molar-refractivity contribution in [1.29, 1.82) is 0 Å². The summed E-state index contributed by atoms with van der Waals surface area (Å²) in [6.45, 7) is 2.44. The second-order valence-corrected chi connectivity index (χ2v) is 4.33. The van der Waals surface area contributed by atoms with Gasteiger partial charge in [-0.05, 0) is 6.42 Å². The molecule has 0 radical (unpaired) electrons. The summed E-state index contributed by atoms with van der Waals surface area (Å²) in [6, 6.07) is 0. The third kappa shape index (κ3) is 5.12. The Morgan fingerprint density at radius 1 is 1.44 bits per heavy atom. The van der Waals surface area contributed by atoms with Crippen LogP contribution in [0.2, 0.25) is 0 Å². The van der Waals surface area contributed by atoms with Gasteiger partial charge in [-0.3, -0.25) is 0 Å². The standard InChI is InChI=1S/C7H10F3NO4S/c1-2-6(12)15-5-3-4-11-16(13,14)7(8,9)10/h2,11H,1,3-5H2. The maximum absolute atomic E-state index is 11.8. The van der Waals surface area contributed by atoms with Crippen molar-refractivity contribution in [3.63, 3.8) is 0 Å². The lowest BCUT2D eigenvalue weighted by molar-refractivity contribution is -0.137. The van der Waals surface area contributed by atoms with Crippen molar-refractivity contribution in [3.05, 3.63) is 12.7 Å². The Bertz CT molecular complexity index is 349. The highest BCUT2D eigenvalue weighted by atomic mass is 32.2. The van der Waals surface area contributed by atoms with E-state index in [0.29, 0.717) is 0 Å². The fourth-order valence-corrected chi connectivity index (χ4v) is 1.17. The van der Waals surface area contributed by atoms with Crippen LogP contribution in [0.4, 0.5) is 13.2 Å². The molecule has 0 rings (SSSR count). The van der Waals surface area contributed by atoms with Crippen LogP contribution in [0.25, 0.3) is 0 Å². The number of hydrogen-bond donors (Lipinski definition) is 1. The largest absolute Gasteiger partial charge is 0.511 e. The highest BCUT2D eigenvalue weighted by Gasteiger charge is 2.45. The molecule has 16 heavy (non-hydrogen) atoms. The van der Waals surface area contributed by atoms with Crippen LogP contribution < -0.4 is 4.72 Å². The number of sulfonamides is 1. The molecule has 0 aliphatic carbocycles. The molecule has 5 nitrogen and oxygen atoms in total. The fourth-order valence-electron chi connectivity index (χ4n) is 0.592. The van der Waals surface area contributed by atoms with E-state index in [1.54, 1.807) is 0 Å². The summed E-state index contributed by atoms with van der Waals surface area (Å²) in [6.07, 6.45) is 0.828. The molecule has 0 spiro atoms. The summed E-state index contributed by atoms with van der Waals surface area (Å²) in [5.41, 5.74) is -5.33. The highest BCUT2D eigenvalue weighted by Crippen LogP contribution is 2.21. The van der Waals surface area contributed by atoms with Gasteiger partial charge in [0.1, 0.15) is 0 Å². The van der Waals surface area contributed by atoms with Gasteiger partial charge in [0.15, 0.2) is 0 Å². The molecule has 0 bridgehead atoms. The van der Waals surface area contributed by atoms with Crippen LogP contribution in [-0.2, 0) is 19.6 Å². The molecule has 0 aromatic heterocycles. The predicted molar refractivity (Wildman–Crippen MR) is 48.8 cm³/mol. The number of nitrogens with one attached hydrogen (secondary N) is 1. The summed E-state index contributed by atoms with van der Waals surface area (Å²) in [5, 5.41) is 0. The second-order valence-electron chi connectivity index (χ2n) is 2.57. The minimum Gasteiger partial charge on any atom is -0.462 e. The molecule has 1 N–H and O–H groups in total. The molecule has 94 valence electrons. The molecular weight excluding hydrogens is 251 g/mol. The molecule has 9 heteroatoms. The summed E-state index contributed by atoms with van der Waals surface area (Å²) in [4.78, 5) is 10.5. The molecule has 0 aliphatic heterocycles. The van der Waals surface area contributed by atoms with Crippen molar-refractivity contribution in [2.24, 2.45) is 0 Å². The molecule has 0 saturated heterocycles. The third-order valence-corrected chi connectivity index (χ3v) is 2.52. The van der Waals surface area contributed by atoms with Gasteiger partial charge in [0.2, 0.25) is 0 Å². The van der Waals surface area contributed by atoms with Crippen LogP contribution in [-0.4, -0.2) is 33.0 Å². The summed E-state index contributed by atoms with van der Waals surface area (Å²) in [5.74, 6) is -0.723. The lowest BCUT2D eigenvalue weighted by atomic mass is 10.5. The van der Waals surface area contributed by atoms with E-state index >= 15 is 0 Å². The Balaban J connectivity index is 3.84. The van der Waals surface area contributed by atoms with Crippen LogP contribution >= 0.6 is 0 Å². The molecule has 0 aliphatic rings. The maximum atomic E-state index is 11.8. The number of carbonyl (C=O) groups excluding carboxylic acids is 1. The average molecular weight is 261 g/mol. The lowest BCUT2D eigenvalue weighted by Crippen LogP contribution is -2.37. The van der Waals surface area contributed by atoms with E-state index in [0.717, 1.165) is 6.08 Å². The average Bonchev–Trinajstić information content (AvgIpc) is 2.15. The van der Waals surface area contributed by atoms with E-state index in [9.17, 15) is 26.4 Å². The normalized spacial score (nSPS) is 12.2. The predicted octanol–water partition coefficient (Wildman–Crippen LogP) is 0.545. The van der Waals surface area contributed by atoms with Crippen LogP contribution in [0.1, 0.15) is 6.42 Å². The maximum Gasteiger partial charge on any atom is 0.511 e. The van der Waals surface area contributed by atoms with Crippen LogP contribution in [0.5, 0.6) is 0 Å². The summed E-state index contributed by atoms with van der Waals surface area (Å²) in [7, 11) is -5.31. The first-order valence-electron chi connectivity index (χ1n) is 4.06. The minimum absolute atomic E-state index is 0.0606. The SMILES string of the molecule is C=CC(=O)OCCCNS(=O)(=O)C(F)(F)F. The fraction of sp³-hybridized carbons (Fsp3) is 0.571. The molecule has 0 saturated carbocycles. The van der Waals surface area contributed by atoms with Crippen molar-refractivity contribution in [1.82, 2.24) is 4.72 Å². The number of rotatable bonds is 6. The number of halogens is 3. The Morgan fingerprint density at radius 3 is 2.44 bits per heavy atom. The van der Waals surface area contributed by atoms with Crippen LogP contribution in [0.3, 0.4) is 0 Å². The summed E-state index contributed by atoms with van der Waals surface area (Å²) < 4.78 is 62.0. The number of carbonyl (C=O) groups is 1. The molecule has 0 aromatic rings. The van der Waals surface area contributed by atoms with Gasteiger partial charge in [-0.15, -0.1) is 0 Å². The highest BCUT2D eigenvalue weighted by molar-refractivity contribution is 7.90. The van der Waals surface area contributed by atoms with E-state index in [4.69, 9.17) is 0 Å². The molecule has 0 fully saturated rings. The molecule has 0 aromatic carbocycles. The Labute approximate surface area is 90.3 Å². The quantitative estimate of drug-likeness (QED) is 0.430.